The molecular formula is C17H20FNO. The molecule has 2 aromatic rings. The van der Waals surface area contributed by atoms with Crippen LogP contribution >= 0.6 is 0 Å². The second-order valence-corrected chi connectivity index (χ2v) is 4.98. The number of ether oxygens (including phenoxy) is 1. The van der Waals surface area contributed by atoms with Gasteiger partial charge in [0.05, 0.1) is 7.11 Å². The fourth-order valence-corrected chi connectivity index (χ4v) is 2.46. The summed E-state index contributed by atoms with van der Waals surface area (Å²) in [6.45, 7) is 1.97. The molecule has 2 N–H and O–H groups in total. The molecule has 0 bridgehead atoms. The number of methoxy groups -OCH3 is 1. The van der Waals surface area contributed by atoms with Crippen LogP contribution in [0.1, 0.15) is 24.5 Å². The maximum atomic E-state index is 14.0. The molecule has 20 heavy (non-hydrogen) atoms. The molecule has 106 valence electrons. The molecule has 3 heteroatoms. The zero-order chi connectivity index (χ0) is 14.6. The Morgan fingerprint density at radius 2 is 1.75 bits per heavy atom. The van der Waals surface area contributed by atoms with Crippen LogP contribution in [0.2, 0.25) is 0 Å². The first kappa shape index (κ1) is 14.5. The topological polar surface area (TPSA) is 35.2 Å². The molecule has 0 amide bonds. The van der Waals surface area contributed by atoms with E-state index in [1.807, 2.05) is 37.3 Å². The Hall–Kier alpha value is -1.87. The van der Waals surface area contributed by atoms with E-state index in [0.29, 0.717) is 18.4 Å². The number of hydrogen-bond donors (Lipinski definition) is 1. The van der Waals surface area contributed by atoms with E-state index >= 15 is 0 Å². The molecule has 0 aliphatic rings. The highest BCUT2D eigenvalue weighted by atomic mass is 19.1. The Balaban J connectivity index is 2.40. The standard InChI is InChI=1S/C17H20FNO/c1-3-17(19,14-9-5-6-10-15(14)18)12-13-8-4-7-11-16(13)20-2/h4-11H,3,12,19H2,1-2H3. The molecular weight excluding hydrogens is 253 g/mol. The van der Waals surface area contributed by atoms with Crippen molar-refractivity contribution in [2.75, 3.05) is 7.11 Å². The van der Waals surface area contributed by atoms with Gasteiger partial charge in [-0.1, -0.05) is 43.3 Å². The van der Waals surface area contributed by atoms with Crippen molar-refractivity contribution in [3.8, 4) is 5.75 Å². The van der Waals surface area contributed by atoms with Crippen molar-refractivity contribution in [3.05, 3.63) is 65.5 Å². The molecule has 0 aliphatic heterocycles. The number of benzene rings is 2. The summed E-state index contributed by atoms with van der Waals surface area (Å²) in [5, 5.41) is 0. The van der Waals surface area contributed by atoms with Crippen LogP contribution < -0.4 is 10.5 Å². The van der Waals surface area contributed by atoms with Crippen molar-refractivity contribution >= 4 is 0 Å². The van der Waals surface area contributed by atoms with Gasteiger partial charge >= 0.3 is 0 Å². The Morgan fingerprint density at radius 1 is 1.10 bits per heavy atom. The third-order valence-corrected chi connectivity index (χ3v) is 3.74. The molecule has 0 fully saturated rings. The Morgan fingerprint density at radius 3 is 2.40 bits per heavy atom. The first-order valence-electron chi connectivity index (χ1n) is 6.76. The minimum atomic E-state index is -0.736. The van der Waals surface area contributed by atoms with Gasteiger partial charge in [0.25, 0.3) is 0 Å². The molecule has 0 spiro atoms. The molecule has 0 aliphatic carbocycles. The molecule has 0 saturated carbocycles. The Bertz CT molecular complexity index is 585. The average molecular weight is 273 g/mol. The van der Waals surface area contributed by atoms with Crippen molar-refractivity contribution in [1.82, 2.24) is 0 Å². The second-order valence-electron chi connectivity index (χ2n) is 4.98. The molecule has 1 atom stereocenters. The normalized spacial score (nSPS) is 13.8. The van der Waals surface area contributed by atoms with E-state index in [0.717, 1.165) is 11.3 Å². The summed E-state index contributed by atoms with van der Waals surface area (Å²) in [6.07, 6.45) is 1.18. The van der Waals surface area contributed by atoms with E-state index in [9.17, 15) is 4.39 Å². The van der Waals surface area contributed by atoms with Crippen LogP contribution in [0.15, 0.2) is 48.5 Å². The smallest absolute Gasteiger partial charge is 0.128 e. The first-order valence-corrected chi connectivity index (χ1v) is 6.76. The van der Waals surface area contributed by atoms with Gasteiger partial charge in [-0.3, -0.25) is 0 Å². The summed E-state index contributed by atoms with van der Waals surface area (Å²) in [5.41, 5.74) is 7.28. The van der Waals surface area contributed by atoms with E-state index < -0.39 is 5.54 Å². The molecule has 1 unspecified atom stereocenters. The van der Waals surface area contributed by atoms with Crippen LogP contribution in [0, 0.1) is 5.82 Å². The third-order valence-electron chi connectivity index (χ3n) is 3.74. The second kappa shape index (κ2) is 6.06. The number of para-hydroxylation sites is 1. The number of halogens is 1. The number of rotatable bonds is 5. The minimum absolute atomic E-state index is 0.258. The zero-order valence-corrected chi connectivity index (χ0v) is 11.9. The Labute approximate surface area is 119 Å². The summed E-state index contributed by atoms with van der Waals surface area (Å²) < 4.78 is 19.4. The highest BCUT2D eigenvalue weighted by Gasteiger charge is 2.29. The lowest BCUT2D eigenvalue weighted by molar-refractivity contribution is 0.378. The lowest BCUT2D eigenvalue weighted by Gasteiger charge is -2.30. The van der Waals surface area contributed by atoms with Crippen molar-refractivity contribution in [2.24, 2.45) is 5.73 Å². The van der Waals surface area contributed by atoms with Gasteiger partial charge in [-0.25, -0.2) is 4.39 Å². The molecule has 2 aromatic carbocycles. The van der Waals surface area contributed by atoms with E-state index in [2.05, 4.69) is 0 Å². The molecule has 0 saturated heterocycles. The fourth-order valence-electron chi connectivity index (χ4n) is 2.46. The lowest BCUT2D eigenvalue weighted by atomic mass is 9.82. The van der Waals surface area contributed by atoms with Gasteiger partial charge in [0.15, 0.2) is 0 Å². The largest absolute Gasteiger partial charge is 0.496 e. The van der Waals surface area contributed by atoms with Crippen LogP contribution in [0.3, 0.4) is 0 Å². The molecule has 0 aromatic heterocycles. The number of nitrogens with two attached hydrogens (primary N) is 1. The fraction of sp³-hybridized carbons (Fsp3) is 0.294. The van der Waals surface area contributed by atoms with Gasteiger partial charge in [0, 0.05) is 11.1 Å². The molecule has 2 nitrogen and oxygen atoms in total. The first-order chi connectivity index (χ1) is 9.60. The van der Waals surface area contributed by atoms with Crippen LogP contribution in [0.5, 0.6) is 5.75 Å². The summed E-state index contributed by atoms with van der Waals surface area (Å²) in [5.74, 6) is 0.527. The van der Waals surface area contributed by atoms with Gasteiger partial charge in [-0.15, -0.1) is 0 Å². The average Bonchev–Trinajstić information content (AvgIpc) is 2.48. The monoisotopic (exact) mass is 273 g/mol. The van der Waals surface area contributed by atoms with Gasteiger partial charge in [-0.2, -0.15) is 0 Å². The predicted molar refractivity (Wildman–Crippen MR) is 79.3 cm³/mol. The summed E-state index contributed by atoms with van der Waals surface area (Å²) in [4.78, 5) is 0. The summed E-state index contributed by atoms with van der Waals surface area (Å²) >= 11 is 0. The third kappa shape index (κ3) is 2.83. The van der Waals surface area contributed by atoms with E-state index in [-0.39, 0.29) is 5.82 Å². The van der Waals surface area contributed by atoms with Crippen LogP contribution in [0.25, 0.3) is 0 Å². The SMILES string of the molecule is CCC(N)(Cc1ccccc1OC)c1ccccc1F. The molecule has 0 heterocycles. The van der Waals surface area contributed by atoms with Gasteiger partial charge in [0.2, 0.25) is 0 Å². The van der Waals surface area contributed by atoms with Crippen LogP contribution in [-0.2, 0) is 12.0 Å². The van der Waals surface area contributed by atoms with Gasteiger partial charge < -0.3 is 10.5 Å². The molecule has 2 rings (SSSR count). The highest BCUT2D eigenvalue weighted by molar-refractivity contribution is 5.37. The van der Waals surface area contributed by atoms with Gasteiger partial charge in [0.1, 0.15) is 11.6 Å². The van der Waals surface area contributed by atoms with E-state index in [1.54, 1.807) is 19.2 Å². The van der Waals surface area contributed by atoms with Crippen molar-refractivity contribution in [1.29, 1.82) is 0 Å². The maximum Gasteiger partial charge on any atom is 0.128 e. The minimum Gasteiger partial charge on any atom is -0.496 e. The quantitative estimate of drug-likeness (QED) is 0.902. The summed E-state index contributed by atoms with van der Waals surface area (Å²) in [6, 6.07) is 14.4. The maximum absolute atomic E-state index is 14.0. The van der Waals surface area contributed by atoms with E-state index in [4.69, 9.17) is 10.5 Å². The number of hydrogen-bond acceptors (Lipinski definition) is 2. The van der Waals surface area contributed by atoms with Crippen molar-refractivity contribution in [3.63, 3.8) is 0 Å². The summed E-state index contributed by atoms with van der Waals surface area (Å²) in [7, 11) is 1.63. The van der Waals surface area contributed by atoms with Crippen LogP contribution in [0.4, 0.5) is 4.39 Å². The van der Waals surface area contributed by atoms with E-state index in [1.165, 1.54) is 6.07 Å². The Kier molecular flexibility index (Phi) is 4.40. The highest BCUT2D eigenvalue weighted by Crippen LogP contribution is 2.31. The lowest BCUT2D eigenvalue weighted by Crippen LogP contribution is -2.39. The van der Waals surface area contributed by atoms with Crippen LogP contribution in [-0.4, -0.2) is 7.11 Å². The van der Waals surface area contributed by atoms with Gasteiger partial charge in [-0.05, 0) is 30.5 Å². The van der Waals surface area contributed by atoms with Crippen molar-refractivity contribution < 1.29 is 9.13 Å². The predicted octanol–water partition coefficient (Wildman–Crippen LogP) is 3.64. The van der Waals surface area contributed by atoms with Crippen molar-refractivity contribution in [2.45, 2.75) is 25.3 Å². The zero-order valence-electron chi connectivity index (χ0n) is 11.9. The molecule has 0 radical (unpaired) electrons.